The molecule has 38 heavy (non-hydrogen) atoms. The second-order valence-electron chi connectivity index (χ2n) is 8.47. The molecule has 0 bridgehead atoms. The van der Waals surface area contributed by atoms with Crippen LogP contribution in [0.5, 0.6) is 5.75 Å². The highest BCUT2D eigenvalue weighted by Gasteiger charge is 2.41. The number of aliphatic imine (C=N–C) groups is 1. The van der Waals surface area contributed by atoms with Crippen LogP contribution in [0.15, 0.2) is 78.0 Å². The molecule has 186 valence electrons. The molecule has 10 heteroatoms. The minimum atomic E-state index is -1.03. The average molecular weight is 505 g/mol. The van der Waals surface area contributed by atoms with Gasteiger partial charge in [-0.3, -0.25) is 4.79 Å². The maximum Gasteiger partial charge on any atom is 0.341 e. The second kappa shape index (κ2) is 10.6. The number of hydrogen-bond acceptors (Lipinski definition) is 7. The number of hydrogen-bond donors (Lipinski definition) is 2. The molecule has 1 aliphatic rings. The molecule has 3 heterocycles. The fourth-order valence-corrected chi connectivity index (χ4v) is 4.34. The van der Waals surface area contributed by atoms with Gasteiger partial charge >= 0.3 is 12.0 Å². The number of nitriles is 2. The monoisotopic (exact) mass is 504 g/mol. The van der Waals surface area contributed by atoms with Gasteiger partial charge in [0.2, 0.25) is 0 Å². The standard InChI is InChI=1S/C28H20N6O4/c29-12-17-5-3-6-18(11-17)15-38-27(35)24-22(16-37-23-9-2-1-7-19(23)13-30)33-28(36)34-25(24)21-14-32-26-20(21)8-4-10-31-26/h1-11,14,24-25H,15-16H2,(H,31,32)(H,34,36). The lowest BCUT2D eigenvalue weighted by Gasteiger charge is -2.30. The van der Waals surface area contributed by atoms with E-state index in [-0.39, 0.29) is 18.9 Å². The van der Waals surface area contributed by atoms with Gasteiger partial charge in [0.25, 0.3) is 0 Å². The number of H-pyrrole nitrogens is 1. The first-order valence-corrected chi connectivity index (χ1v) is 11.6. The molecule has 0 spiro atoms. The van der Waals surface area contributed by atoms with Gasteiger partial charge in [-0.25, -0.2) is 9.78 Å². The van der Waals surface area contributed by atoms with Crippen molar-refractivity contribution in [2.45, 2.75) is 12.6 Å². The zero-order valence-corrected chi connectivity index (χ0v) is 19.9. The zero-order chi connectivity index (χ0) is 26.5. The van der Waals surface area contributed by atoms with Crippen LogP contribution in [0.25, 0.3) is 11.0 Å². The highest BCUT2D eigenvalue weighted by molar-refractivity contribution is 6.10. The van der Waals surface area contributed by atoms with E-state index in [2.05, 4.69) is 32.4 Å². The third kappa shape index (κ3) is 4.92. The summed E-state index contributed by atoms with van der Waals surface area (Å²) in [6.07, 6.45) is 3.32. The van der Waals surface area contributed by atoms with E-state index in [4.69, 9.17) is 14.7 Å². The number of fused-ring (bicyclic) bond motifs is 1. The van der Waals surface area contributed by atoms with Crippen molar-refractivity contribution in [2.75, 3.05) is 6.61 Å². The van der Waals surface area contributed by atoms with Crippen LogP contribution in [-0.2, 0) is 16.1 Å². The predicted molar refractivity (Wildman–Crippen MR) is 136 cm³/mol. The highest BCUT2D eigenvalue weighted by atomic mass is 16.5. The van der Waals surface area contributed by atoms with Crippen molar-refractivity contribution in [1.82, 2.24) is 15.3 Å². The van der Waals surface area contributed by atoms with Crippen LogP contribution < -0.4 is 10.1 Å². The van der Waals surface area contributed by atoms with Crippen molar-refractivity contribution in [2.24, 2.45) is 10.9 Å². The van der Waals surface area contributed by atoms with Gasteiger partial charge in [0.05, 0.1) is 28.9 Å². The molecule has 1 aliphatic heterocycles. The number of amides is 2. The number of esters is 1. The minimum absolute atomic E-state index is 0.0770. The third-order valence-corrected chi connectivity index (χ3v) is 6.11. The Kier molecular flexibility index (Phi) is 6.79. The summed E-state index contributed by atoms with van der Waals surface area (Å²) in [4.78, 5) is 37.6. The Hall–Kier alpha value is -5.48. The van der Waals surface area contributed by atoms with Crippen LogP contribution >= 0.6 is 0 Å². The summed E-state index contributed by atoms with van der Waals surface area (Å²) >= 11 is 0. The Morgan fingerprint density at radius 1 is 1.03 bits per heavy atom. The van der Waals surface area contributed by atoms with Crippen LogP contribution in [0.4, 0.5) is 4.79 Å². The normalized spacial score (nSPS) is 16.6. The van der Waals surface area contributed by atoms with Crippen molar-refractivity contribution in [3.05, 3.63) is 95.3 Å². The molecule has 2 aromatic carbocycles. The fourth-order valence-electron chi connectivity index (χ4n) is 4.34. The summed E-state index contributed by atoms with van der Waals surface area (Å²) in [6, 6.07) is 19.7. The number of pyridine rings is 1. The molecule has 4 aromatic rings. The number of aromatic nitrogens is 2. The van der Waals surface area contributed by atoms with Gasteiger partial charge in [0, 0.05) is 23.3 Å². The van der Waals surface area contributed by atoms with E-state index in [1.807, 2.05) is 6.07 Å². The minimum Gasteiger partial charge on any atom is -0.486 e. The van der Waals surface area contributed by atoms with Gasteiger partial charge in [-0.15, -0.1) is 0 Å². The van der Waals surface area contributed by atoms with Crippen molar-refractivity contribution in [1.29, 1.82) is 10.5 Å². The molecule has 2 atom stereocenters. The Morgan fingerprint density at radius 3 is 2.74 bits per heavy atom. The average Bonchev–Trinajstić information content (AvgIpc) is 3.39. The summed E-state index contributed by atoms with van der Waals surface area (Å²) in [5.74, 6) is -1.36. The summed E-state index contributed by atoms with van der Waals surface area (Å²) in [5, 5.41) is 22.1. The first-order chi connectivity index (χ1) is 18.6. The molecule has 0 fully saturated rings. The predicted octanol–water partition coefficient (Wildman–Crippen LogP) is 3.95. The van der Waals surface area contributed by atoms with Crippen LogP contribution in [0.3, 0.4) is 0 Å². The van der Waals surface area contributed by atoms with Gasteiger partial charge in [-0.05, 0) is 42.0 Å². The van der Waals surface area contributed by atoms with Crippen molar-refractivity contribution in [3.63, 3.8) is 0 Å². The van der Waals surface area contributed by atoms with E-state index in [0.29, 0.717) is 33.7 Å². The summed E-state index contributed by atoms with van der Waals surface area (Å²) in [5.41, 5.74) is 2.78. The Bertz CT molecular complexity index is 1640. The molecule has 2 aromatic heterocycles. The molecule has 2 amide bonds. The van der Waals surface area contributed by atoms with Gasteiger partial charge in [-0.1, -0.05) is 24.3 Å². The molecule has 2 unspecified atom stereocenters. The molecule has 0 radical (unpaired) electrons. The summed E-state index contributed by atoms with van der Waals surface area (Å²) < 4.78 is 11.5. The van der Waals surface area contributed by atoms with E-state index in [1.54, 1.807) is 67.0 Å². The lowest BCUT2D eigenvalue weighted by atomic mass is 9.88. The number of para-hydroxylation sites is 1. The quantitative estimate of drug-likeness (QED) is 0.361. The number of nitrogens with one attached hydrogen (secondary N) is 2. The van der Waals surface area contributed by atoms with Crippen molar-refractivity contribution >= 4 is 28.7 Å². The summed E-state index contributed by atoms with van der Waals surface area (Å²) in [6.45, 7) is -0.292. The molecular weight excluding hydrogens is 484 g/mol. The number of aromatic amines is 1. The van der Waals surface area contributed by atoms with E-state index >= 15 is 0 Å². The molecule has 5 rings (SSSR count). The van der Waals surface area contributed by atoms with E-state index in [9.17, 15) is 14.9 Å². The number of carbonyl (C=O) groups is 2. The number of nitrogens with zero attached hydrogens (tertiary/aromatic N) is 4. The van der Waals surface area contributed by atoms with Crippen LogP contribution in [0, 0.1) is 28.6 Å². The lowest BCUT2D eigenvalue weighted by Crippen LogP contribution is -2.46. The summed E-state index contributed by atoms with van der Waals surface area (Å²) in [7, 11) is 0. The van der Waals surface area contributed by atoms with Crippen molar-refractivity contribution < 1.29 is 19.1 Å². The van der Waals surface area contributed by atoms with E-state index in [1.165, 1.54) is 0 Å². The van der Waals surface area contributed by atoms with Gasteiger partial charge in [-0.2, -0.15) is 15.5 Å². The Morgan fingerprint density at radius 2 is 1.89 bits per heavy atom. The maximum absolute atomic E-state index is 13.6. The number of urea groups is 1. The Labute approximate surface area is 217 Å². The fraction of sp³-hybridized carbons (Fsp3) is 0.143. The van der Waals surface area contributed by atoms with Crippen molar-refractivity contribution in [3.8, 4) is 17.9 Å². The van der Waals surface area contributed by atoms with Crippen LogP contribution in [0.1, 0.15) is 28.3 Å². The second-order valence-corrected chi connectivity index (χ2v) is 8.47. The molecule has 2 N–H and O–H groups in total. The van der Waals surface area contributed by atoms with E-state index < -0.39 is 24.0 Å². The molecule has 10 nitrogen and oxygen atoms in total. The number of ether oxygens (including phenoxy) is 2. The zero-order valence-electron chi connectivity index (χ0n) is 19.9. The molecule has 0 saturated heterocycles. The first kappa shape index (κ1) is 24.2. The van der Waals surface area contributed by atoms with Gasteiger partial charge < -0.3 is 19.8 Å². The number of benzene rings is 2. The SMILES string of the molecule is N#Cc1cccc(COC(=O)C2C(COc3ccccc3C#N)=NC(=O)NC2c2c[nH]c3ncccc23)c1. The lowest BCUT2D eigenvalue weighted by molar-refractivity contribution is -0.148. The van der Waals surface area contributed by atoms with E-state index in [0.717, 1.165) is 5.39 Å². The largest absolute Gasteiger partial charge is 0.486 e. The smallest absolute Gasteiger partial charge is 0.341 e. The number of rotatable bonds is 7. The molecule has 0 aliphatic carbocycles. The van der Waals surface area contributed by atoms with Crippen LogP contribution in [-0.4, -0.2) is 34.3 Å². The maximum atomic E-state index is 13.6. The number of carbonyl (C=O) groups excluding carboxylic acids is 2. The topological polar surface area (TPSA) is 153 Å². The van der Waals surface area contributed by atoms with Gasteiger partial charge in [0.1, 0.15) is 36.6 Å². The van der Waals surface area contributed by atoms with Crippen LogP contribution in [0.2, 0.25) is 0 Å². The van der Waals surface area contributed by atoms with Gasteiger partial charge in [0.15, 0.2) is 0 Å². The molecule has 0 saturated carbocycles. The Balaban J connectivity index is 1.47. The third-order valence-electron chi connectivity index (χ3n) is 6.11. The highest BCUT2D eigenvalue weighted by Crippen LogP contribution is 2.33. The molecular formula is C28H20N6O4. The first-order valence-electron chi connectivity index (χ1n) is 11.6.